The lowest BCUT2D eigenvalue weighted by atomic mass is 10.2. The number of aliphatic hydroxyl groups is 1. The van der Waals surface area contributed by atoms with Gasteiger partial charge in [-0.05, 0) is 19.1 Å². The molecule has 0 atom stereocenters. The van der Waals surface area contributed by atoms with E-state index in [9.17, 15) is 13.2 Å². The molecule has 0 radical (unpaired) electrons. The molecule has 0 saturated carbocycles. The third-order valence-electron chi connectivity index (χ3n) is 2.36. The second kappa shape index (κ2) is 5.18. The van der Waals surface area contributed by atoms with Crippen LogP contribution in [0.5, 0.6) is 5.75 Å². The highest BCUT2D eigenvalue weighted by molar-refractivity contribution is 7.15. The van der Waals surface area contributed by atoms with E-state index in [1.54, 1.807) is 13.0 Å². The number of nitrogens with zero attached hydrogens (tertiary/aromatic N) is 1. The van der Waals surface area contributed by atoms with Crippen LogP contribution < -0.4 is 4.74 Å². The largest absolute Gasteiger partial charge is 0.573 e. The topological polar surface area (TPSA) is 42.4 Å². The van der Waals surface area contributed by atoms with Crippen molar-refractivity contribution in [3.05, 3.63) is 34.8 Å². The molecule has 2 rings (SSSR count). The molecule has 1 aromatic carbocycles. The van der Waals surface area contributed by atoms with E-state index >= 15 is 0 Å². The molecule has 1 heterocycles. The first-order valence-electron chi connectivity index (χ1n) is 5.32. The predicted molar refractivity (Wildman–Crippen MR) is 64.9 cm³/mol. The van der Waals surface area contributed by atoms with Gasteiger partial charge in [-0.3, -0.25) is 0 Å². The lowest BCUT2D eigenvalue weighted by Gasteiger charge is -2.09. The molecule has 0 saturated heterocycles. The zero-order chi connectivity index (χ0) is 14.0. The van der Waals surface area contributed by atoms with Gasteiger partial charge in [0.2, 0.25) is 0 Å². The number of rotatable bonds is 3. The zero-order valence-electron chi connectivity index (χ0n) is 9.86. The summed E-state index contributed by atoms with van der Waals surface area (Å²) in [5, 5.41) is 9.61. The Hall–Kier alpha value is -1.60. The van der Waals surface area contributed by atoms with E-state index in [2.05, 4.69) is 9.72 Å². The average Bonchev–Trinajstić information content (AvgIpc) is 2.69. The standard InChI is InChI=1S/C12H10F3NO2S/c1-7-10(6-17)16-11(19-7)8-3-2-4-9(5-8)18-12(13,14)15/h2-5,17H,6H2,1H3. The van der Waals surface area contributed by atoms with Crippen LogP contribution in [0.2, 0.25) is 0 Å². The van der Waals surface area contributed by atoms with Crippen LogP contribution >= 0.6 is 11.3 Å². The van der Waals surface area contributed by atoms with E-state index in [0.29, 0.717) is 16.3 Å². The van der Waals surface area contributed by atoms with Crippen LogP contribution in [0.4, 0.5) is 13.2 Å². The fourth-order valence-electron chi connectivity index (χ4n) is 1.52. The summed E-state index contributed by atoms with van der Waals surface area (Å²) in [6.07, 6.45) is -4.71. The number of thiazole rings is 1. The molecular formula is C12H10F3NO2S. The van der Waals surface area contributed by atoms with Gasteiger partial charge in [0.25, 0.3) is 0 Å². The number of halogens is 3. The third kappa shape index (κ3) is 3.45. The second-order valence-corrected chi connectivity index (χ2v) is 4.96. The van der Waals surface area contributed by atoms with Crippen LogP contribution in [0, 0.1) is 6.92 Å². The number of hydrogen-bond donors (Lipinski definition) is 1. The van der Waals surface area contributed by atoms with Crippen LogP contribution in [-0.4, -0.2) is 16.5 Å². The number of aromatic nitrogens is 1. The fraction of sp³-hybridized carbons (Fsp3) is 0.250. The van der Waals surface area contributed by atoms with Gasteiger partial charge in [0.1, 0.15) is 10.8 Å². The van der Waals surface area contributed by atoms with Crippen LogP contribution in [0.15, 0.2) is 24.3 Å². The molecule has 0 bridgehead atoms. The normalized spacial score (nSPS) is 11.6. The van der Waals surface area contributed by atoms with Gasteiger partial charge in [-0.1, -0.05) is 12.1 Å². The van der Waals surface area contributed by atoms with Gasteiger partial charge in [0.15, 0.2) is 0 Å². The molecular weight excluding hydrogens is 279 g/mol. The van der Waals surface area contributed by atoms with Gasteiger partial charge in [0.05, 0.1) is 12.3 Å². The molecule has 0 aliphatic carbocycles. The molecule has 0 unspecified atom stereocenters. The van der Waals surface area contributed by atoms with Gasteiger partial charge in [-0.15, -0.1) is 24.5 Å². The van der Waals surface area contributed by atoms with Crippen molar-refractivity contribution < 1.29 is 23.0 Å². The Bertz CT molecular complexity index is 581. The monoisotopic (exact) mass is 289 g/mol. The smallest absolute Gasteiger partial charge is 0.406 e. The number of aliphatic hydroxyl groups excluding tert-OH is 1. The van der Waals surface area contributed by atoms with E-state index in [1.165, 1.54) is 29.5 Å². The van der Waals surface area contributed by atoms with Crippen LogP contribution in [-0.2, 0) is 6.61 Å². The van der Waals surface area contributed by atoms with Crippen LogP contribution in [0.3, 0.4) is 0 Å². The molecule has 0 aliphatic heterocycles. The summed E-state index contributed by atoms with van der Waals surface area (Å²) in [6.45, 7) is 1.60. The number of aryl methyl sites for hydroxylation is 1. The van der Waals surface area contributed by atoms with Crippen molar-refractivity contribution >= 4 is 11.3 Å². The Morgan fingerprint density at radius 1 is 1.37 bits per heavy atom. The molecule has 7 heteroatoms. The zero-order valence-corrected chi connectivity index (χ0v) is 10.7. The fourth-order valence-corrected chi connectivity index (χ4v) is 2.44. The maximum atomic E-state index is 12.1. The SMILES string of the molecule is Cc1sc(-c2cccc(OC(F)(F)F)c2)nc1CO. The minimum atomic E-state index is -4.71. The van der Waals surface area contributed by atoms with E-state index in [-0.39, 0.29) is 12.4 Å². The lowest BCUT2D eigenvalue weighted by Crippen LogP contribution is -2.17. The molecule has 102 valence electrons. The molecule has 3 nitrogen and oxygen atoms in total. The molecule has 0 spiro atoms. The van der Waals surface area contributed by atoms with Gasteiger partial charge in [-0.25, -0.2) is 4.98 Å². The molecule has 1 N–H and O–H groups in total. The van der Waals surface area contributed by atoms with E-state index in [4.69, 9.17) is 5.11 Å². The quantitative estimate of drug-likeness (QED) is 0.940. The molecule has 0 aliphatic rings. The lowest BCUT2D eigenvalue weighted by molar-refractivity contribution is -0.274. The van der Waals surface area contributed by atoms with E-state index < -0.39 is 6.36 Å². The van der Waals surface area contributed by atoms with Crippen molar-refractivity contribution in [3.63, 3.8) is 0 Å². The minimum Gasteiger partial charge on any atom is -0.406 e. The maximum absolute atomic E-state index is 12.1. The molecule has 19 heavy (non-hydrogen) atoms. The van der Waals surface area contributed by atoms with Gasteiger partial charge in [0, 0.05) is 10.4 Å². The first-order valence-corrected chi connectivity index (χ1v) is 6.14. The summed E-state index contributed by atoms with van der Waals surface area (Å²) in [5.41, 5.74) is 1.05. The highest BCUT2D eigenvalue weighted by Crippen LogP contribution is 2.31. The Balaban J connectivity index is 2.32. The molecule has 1 aromatic heterocycles. The first kappa shape index (κ1) is 13.8. The van der Waals surface area contributed by atoms with E-state index in [1.807, 2.05) is 0 Å². The number of ether oxygens (including phenoxy) is 1. The Morgan fingerprint density at radius 3 is 2.68 bits per heavy atom. The number of hydrogen-bond acceptors (Lipinski definition) is 4. The summed E-state index contributed by atoms with van der Waals surface area (Å²) in [4.78, 5) is 5.00. The molecule has 0 fully saturated rings. The first-order chi connectivity index (χ1) is 8.89. The summed E-state index contributed by atoms with van der Waals surface area (Å²) in [7, 11) is 0. The summed E-state index contributed by atoms with van der Waals surface area (Å²) in [6, 6.07) is 5.60. The number of alkyl halides is 3. The van der Waals surface area contributed by atoms with Crippen LogP contribution in [0.1, 0.15) is 10.6 Å². The van der Waals surface area contributed by atoms with Crippen LogP contribution in [0.25, 0.3) is 10.6 Å². The summed E-state index contributed by atoms with van der Waals surface area (Å²) < 4.78 is 40.2. The van der Waals surface area contributed by atoms with Crippen molar-refractivity contribution in [2.24, 2.45) is 0 Å². The van der Waals surface area contributed by atoms with E-state index in [0.717, 1.165) is 4.88 Å². The minimum absolute atomic E-state index is 0.193. The van der Waals surface area contributed by atoms with Crippen molar-refractivity contribution in [1.82, 2.24) is 4.98 Å². The molecule has 2 aromatic rings. The van der Waals surface area contributed by atoms with Gasteiger partial charge < -0.3 is 9.84 Å². The van der Waals surface area contributed by atoms with Crippen molar-refractivity contribution in [1.29, 1.82) is 0 Å². The van der Waals surface area contributed by atoms with Crippen molar-refractivity contribution in [2.75, 3.05) is 0 Å². The predicted octanol–water partition coefficient (Wildman–Crippen LogP) is 3.51. The summed E-state index contributed by atoms with van der Waals surface area (Å²) >= 11 is 1.31. The highest BCUT2D eigenvalue weighted by Gasteiger charge is 2.31. The highest BCUT2D eigenvalue weighted by atomic mass is 32.1. The molecule has 0 amide bonds. The Morgan fingerprint density at radius 2 is 2.11 bits per heavy atom. The Labute approximate surface area is 111 Å². The van der Waals surface area contributed by atoms with Gasteiger partial charge >= 0.3 is 6.36 Å². The maximum Gasteiger partial charge on any atom is 0.573 e. The average molecular weight is 289 g/mol. The van der Waals surface area contributed by atoms with Crippen molar-refractivity contribution in [2.45, 2.75) is 19.9 Å². The van der Waals surface area contributed by atoms with Crippen molar-refractivity contribution in [3.8, 4) is 16.3 Å². The third-order valence-corrected chi connectivity index (χ3v) is 3.42. The second-order valence-electron chi connectivity index (χ2n) is 3.76. The summed E-state index contributed by atoms with van der Waals surface area (Å²) in [5.74, 6) is -0.289. The Kier molecular flexibility index (Phi) is 3.77. The number of benzene rings is 1. The van der Waals surface area contributed by atoms with Gasteiger partial charge in [-0.2, -0.15) is 0 Å².